The number of sulfonamides is 1. The number of anilines is 1. The molecule has 148 valence electrons. The number of hydrogen-bond donors (Lipinski definition) is 1. The maximum atomic E-state index is 12.5. The lowest BCUT2D eigenvalue weighted by atomic mass is 10.2. The second-order valence-corrected chi connectivity index (χ2v) is 10.7. The van der Waals surface area contributed by atoms with Gasteiger partial charge >= 0.3 is 0 Å². The van der Waals surface area contributed by atoms with Crippen molar-refractivity contribution in [2.45, 2.75) is 31.7 Å². The van der Waals surface area contributed by atoms with Crippen LogP contribution in [0.2, 0.25) is 0 Å². The molecule has 1 amide bonds. The van der Waals surface area contributed by atoms with Crippen LogP contribution >= 0.6 is 22.7 Å². The standard InChI is InChI=1S/C19H21N3O3S3/c1-12(2)22(4)28(24,25)15-8-6-14(7-9-15)18(23)21-19-20-16(11-26-19)17-10-5-13(3)27-17/h5-12H,1-4H3,(H,20,21,23). The zero-order chi connectivity index (χ0) is 20.5. The first-order valence-corrected chi connectivity index (χ1v) is 11.7. The smallest absolute Gasteiger partial charge is 0.257 e. The topological polar surface area (TPSA) is 79.4 Å². The molecule has 9 heteroatoms. The van der Waals surface area contributed by atoms with Crippen LogP contribution < -0.4 is 5.32 Å². The predicted octanol–water partition coefficient (Wildman–Crippen LogP) is 4.46. The number of aromatic nitrogens is 1. The minimum atomic E-state index is -3.57. The van der Waals surface area contributed by atoms with Crippen LogP contribution in [0.5, 0.6) is 0 Å². The highest BCUT2D eigenvalue weighted by molar-refractivity contribution is 7.89. The summed E-state index contributed by atoms with van der Waals surface area (Å²) in [5.41, 5.74) is 1.20. The molecule has 2 heterocycles. The largest absolute Gasteiger partial charge is 0.298 e. The van der Waals surface area contributed by atoms with E-state index in [1.54, 1.807) is 25.2 Å². The van der Waals surface area contributed by atoms with Gasteiger partial charge in [0.15, 0.2) is 5.13 Å². The van der Waals surface area contributed by atoms with Gasteiger partial charge in [0.25, 0.3) is 5.91 Å². The Hall–Kier alpha value is -2.07. The summed E-state index contributed by atoms with van der Waals surface area (Å²) in [5, 5.41) is 5.17. The van der Waals surface area contributed by atoms with E-state index in [1.807, 2.05) is 24.4 Å². The van der Waals surface area contributed by atoms with Crippen molar-refractivity contribution in [3.05, 3.63) is 52.2 Å². The molecule has 3 aromatic rings. The molecule has 0 fully saturated rings. The number of carbonyl (C=O) groups excluding carboxylic acids is 1. The average Bonchev–Trinajstić information content (AvgIpc) is 3.29. The fourth-order valence-electron chi connectivity index (χ4n) is 2.41. The third-order valence-corrected chi connectivity index (χ3v) is 8.07. The van der Waals surface area contributed by atoms with Gasteiger partial charge in [0.1, 0.15) is 0 Å². The Bertz CT molecular complexity index is 1080. The summed E-state index contributed by atoms with van der Waals surface area (Å²) in [7, 11) is -2.03. The Morgan fingerprint density at radius 2 is 1.82 bits per heavy atom. The molecule has 0 saturated heterocycles. The summed E-state index contributed by atoms with van der Waals surface area (Å²) in [4.78, 5) is 19.3. The number of rotatable bonds is 6. The molecule has 0 bridgehead atoms. The number of hydrogen-bond acceptors (Lipinski definition) is 6. The molecule has 0 aliphatic carbocycles. The average molecular weight is 436 g/mol. The Balaban J connectivity index is 1.73. The molecule has 0 unspecified atom stereocenters. The second kappa shape index (κ2) is 8.12. The maximum absolute atomic E-state index is 12.5. The lowest BCUT2D eigenvalue weighted by Crippen LogP contribution is -2.33. The van der Waals surface area contributed by atoms with Gasteiger partial charge in [-0.05, 0) is 57.2 Å². The second-order valence-electron chi connectivity index (χ2n) is 6.54. The van der Waals surface area contributed by atoms with E-state index in [0.717, 1.165) is 10.6 Å². The summed E-state index contributed by atoms with van der Waals surface area (Å²) in [5.74, 6) is -0.329. The Morgan fingerprint density at radius 3 is 2.39 bits per heavy atom. The first-order chi connectivity index (χ1) is 13.2. The van der Waals surface area contributed by atoms with Gasteiger partial charge in [-0.3, -0.25) is 10.1 Å². The van der Waals surface area contributed by atoms with E-state index in [4.69, 9.17) is 0 Å². The normalized spacial score (nSPS) is 11.9. The van der Waals surface area contributed by atoms with E-state index in [2.05, 4.69) is 10.3 Å². The highest BCUT2D eigenvalue weighted by Gasteiger charge is 2.23. The van der Waals surface area contributed by atoms with Crippen LogP contribution in [0.4, 0.5) is 5.13 Å². The first-order valence-electron chi connectivity index (χ1n) is 8.60. The van der Waals surface area contributed by atoms with Crippen molar-refractivity contribution in [2.75, 3.05) is 12.4 Å². The molecule has 6 nitrogen and oxygen atoms in total. The Kier molecular flexibility index (Phi) is 5.99. The lowest BCUT2D eigenvalue weighted by molar-refractivity contribution is 0.102. The molecule has 0 atom stereocenters. The highest BCUT2D eigenvalue weighted by Crippen LogP contribution is 2.30. The van der Waals surface area contributed by atoms with Crippen molar-refractivity contribution in [1.82, 2.24) is 9.29 Å². The maximum Gasteiger partial charge on any atom is 0.257 e. The number of amides is 1. The molecule has 1 aromatic carbocycles. The monoisotopic (exact) mass is 435 g/mol. The first kappa shape index (κ1) is 20.7. The summed E-state index contributed by atoms with van der Waals surface area (Å²) >= 11 is 3.00. The van der Waals surface area contributed by atoms with E-state index < -0.39 is 10.0 Å². The quantitative estimate of drug-likeness (QED) is 0.620. The number of thiazole rings is 1. The van der Waals surface area contributed by atoms with Gasteiger partial charge in [0.05, 0.1) is 15.5 Å². The van der Waals surface area contributed by atoms with Gasteiger partial charge < -0.3 is 0 Å². The fourth-order valence-corrected chi connectivity index (χ4v) is 5.38. The molecule has 3 rings (SSSR count). The molecule has 1 N–H and O–H groups in total. The molecule has 28 heavy (non-hydrogen) atoms. The minimum absolute atomic E-state index is 0.154. The van der Waals surface area contributed by atoms with Crippen molar-refractivity contribution >= 4 is 43.7 Å². The van der Waals surface area contributed by atoms with Gasteiger partial charge in [-0.1, -0.05) is 0 Å². The molecular weight excluding hydrogens is 414 g/mol. The van der Waals surface area contributed by atoms with Crippen LogP contribution in [0.25, 0.3) is 10.6 Å². The Morgan fingerprint density at radius 1 is 1.14 bits per heavy atom. The Labute approximate surface area is 172 Å². The zero-order valence-corrected chi connectivity index (χ0v) is 18.4. The van der Waals surface area contributed by atoms with Crippen molar-refractivity contribution in [3.63, 3.8) is 0 Å². The van der Waals surface area contributed by atoms with E-state index in [0.29, 0.717) is 10.7 Å². The minimum Gasteiger partial charge on any atom is -0.298 e. The molecule has 2 aromatic heterocycles. The summed E-state index contributed by atoms with van der Waals surface area (Å²) in [6.07, 6.45) is 0. The third kappa shape index (κ3) is 4.33. The van der Waals surface area contributed by atoms with E-state index in [1.165, 1.54) is 51.8 Å². The number of aryl methyl sites for hydroxylation is 1. The predicted molar refractivity (Wildman–Crippen MR) is 115 cm³/mol. The molecule has 0 radical (unpaired) electrons. The van der Waals surface area contributed by atoms with Crippen molar-refractivity contribution in [1.29, 1.82) is 0 Å². The molecule has 0 aliphatic heterocycles. The lowest BCUT2D eigenvalue weighted by Gasteiger charge is -2.20. The van der Waals surface area contributed by atoms with Crippen LogP contribution in [0.15, 0.2) is 46.7 Å². The molecule has 0 saturated carbocycles. The number of nitrogens with one attached hydrogen (secondary N) is 1. The van der Waals surface area contributed by atoms with Crippen molar-refractivity contribution in [2.24, 2.45) is 0 Å². The van der Waals surface area contributed by atoms with Crippen LogP contribution in [0.1, 0.15) is 29.1 Å². The fraction of sp³-hybridized carbons (Fsp3) is 0.263. The highest BCUT2D eigenvalue weighted by atomic mass is 32.2. The van der Waals surface area contributed by atoms with E-state index >= 15 is 0 Å². The SMILES string of the molecule is Cc1ccc(-c2csc(NC(=O)c3ccc(S(=O)(=O)N(C)C(C)C)cc3)n2)s1. The molecule has 0 spiro atoms. The van der Waals surface area contributed by atoms with Crippen molar-refractivity contribution in [3.8, 4) is 10.6 Å². The summed E-state index contributed by atoms with van der Waals surface area (Å²) in [6.45, 7) is 5.64. The summed E-state index contributed by atoms with van der Waals surface area (Å²) < 4.78 is 26.3. The number of benzene rings is 1. The number of carbonyl (C=O) groups is 1. The van der Waals surface area contributed by atoms with Gasteiger partial charge in [-0.2, -0.15) is 4.31 Å². The van der Waals surface area contributed by atoms with Crippen LogP contribution in [0, 0.1) is 6.92 Å². The number of nitrogens with zero attached hydrogens (tertiary/aromatic N) is 2. The van der Waals surface area contributed by atoms with Gasteiger partial charge in [0.2, 0.25) is 10.0 Å². The van der Waals surface area contributed by atoms with Gasteiger partial charge in [-0.25, -0.2) is 13.4 Å². The zero-order valence-electron chi connectivity index (χ0n) is 16.0. The molecule has 0 aliphatic rings. The van der Waals surface area contributed by atoms with E-state index in [-0.39, 0.29) is 16.8 Å². The van der Waals surface area contributed by atoms with Crippen LogP contribution in [-0.4, -0.2) is 36.7 Å². The van der Waals surface area contributed by atoms with E-state index in [9.17, 15) is 13.2 Å². The van der Waals surface area contributed by atoms with Crippen molar-refractivity contribution < 1.29 is 13.2 Å². The summed E-state index contributed by atoms with van der Waals surface area (Å²) in [6, 6.07) is 9.80. The number of thiophene rings is 1. The van der Waals surface area contributed by atoms with Crippen LogP contribution in [-0.2, 0) is 10.0 Å². The van der Waals surface area contributed by atoms with Gasteiger partial charge in [0, 0.05) is 28.9 Å². The van der Waals surface area contributed by atoms with Crippen LogP contribution in [0.3, 0.4) is 0 Å². The third-order valence-electron chi connectivity index (χ3n) is 4.24. The van der Waals surface area contributed by atoms with Gasteiger partial charge in [-0.15, -0.1) is 22.7 Å². The molecular formula is C19H21N3O3S3.